The first-order chi connectivity index (χ1) is 6.27. The summed E-state index contributed by atoms with van der Waals surface area (Å²) in [6, 6.07) is 0. The number of alkyl halides is 2. The van der Waals surface area contributed by atoms with E-state index in [1.165, 1.54) is 0 Å². The second-order valence-electron chi connectivity index (χ2n) is 3.58. The van der Waals surface area contributed by atoms with Gasteiger partial charge in [0.05, 0.1) is 5.54 Å². The summed E-state index contributed by atoms with van der Waals surface area (Å²) in [4.78, 5) is 3.57. The van der Waals surface area contributed by atoms with E-state index < -0.39 is 17.4 Å². The van der Waals surface area contributed by atoms with Crippen LogP contribution >= 0.6 is 0 Å². The van der Waals surface area contributed by atoms with Crippen LogP contribution in [-0.4, -0.2) is 10.1 Å². The Labute approximate surface area is 80.5 Å². The van der Waals surface area contributed by atoms with E-state index in [-0.39, 0.29) is 5.82 Å². The fraction of sp³-hybridized carbons (Fsp3) is 0.750. The molecule has 4 nitrogen and oxygen atoms in total. The van der Waals surface area contributed by atoms with Crippen molar-refractivity contribution in [3.63, 3.8) is 0 Å². The Morgan fingerprint density at radius 1 is 1.43 bits per heavy atom. The molecule has 0 amide bonds. The van der Waals surface area contributed by atoms with Crippen molar-refractivity contribution >= 4 is 0 Å². The molecule has 1 atom stereocenters. The monoisotopic (exact) mass is 205 g/mol. The molecule has 0 aliphatic rings. The van der Waals surface area contributed by atoms with Crippen LogP contribution in [0.3, 0.4) is 0 Å². The summed E-state index contributed by atoms with van der Waals surface area (Å²) in [7, 11) is 0. The number of hydrogen-bond donors (Lipinski definition) is 1. The summed E-state index contributed by atoms with van der Waals surface area (Å²) in [6.45, 7) is 4.18. The van der Waals surface area contributed by atoms with Crippen LogP contribution in [0.4, 0.5) is 8.78 Å². The summed E-state index contributed by atoms with van der Waals surface area (Å²) in [5.74, 6) is -3.70. The first-order valence-electron chi connectivity index (χ1n) is 4.28. The maximum atomic E-state index is 12.7. The van der Waals surface area contributed by atoms with Gasteiger partial charge in [-0.05, 0) is 13.3 Å². The summed E-state index contributed by atoms with van der Waals surface area (Å²) in [5.41, 5.74) is 4.94. The Kier molecular flexibility index (Phi) is 2.58. The highest BCUT2D eigenvalue weighted by atomic mass is 19.3. The number of hydrogen-bond acceptors (Lipinski definition) is 4. The maximum absolute atomic E-state index is 12.7. The molecular weight excluding hydrogens is 192 g/mol. The summed E-state index contributed by atoms with van der Waals surface area (Å²) >= 11 is 0. The van der Waals surface area contributed by atoms with Crippen LogP contribution in [0.25, 0.3) is 0 Å². The Morgan fingerprint density at radius 2 is 2.00 bits per heavy atom. The lowest BCUT2D eigenvalue weighted by Gasteiger charge is -2.16. The topological polar surface area (TPSA) is 64.9 Å². The molecule has 0 saturated carbocycles. The zero-order chi connectivity index (χ0) is 11.0. The van der Waals surface area contributed by atoms with Gasteiger partial charge in [-0.1, -0.05) is 12.1 Å². The van der Waals surface area contributed by atoms with Gasteiger partial charge in [-0.3, -0.25) is 0 Å². The van der Waals surface area contributed by atoms with Crippen molar-refractivity contribution in [2.75, 3.05) is 0 Å². The van der Waals surface area contributed by atoms with Gasteiger partial charge in [-0.25, -0.2) is 0 Å². The van der Waals surface area contributed by atoms with Gasteiger partial charge in [-0.15, -0.1) is 0 Å². The van der Waals surface area contributed by atoms with Crippen molar-refractivity contribution in [2.24, 2.45) is 5.73 Å². The second kappa shape index (κ2) is 3.27. The van der Waals surface area contributed by atoms with Crippen LogP contribution in [-0.2, 0) is 11.5 Å². The zero-order valence-electron chi connectivity index (χ0n) is 8.34. The van der Waals surface area contributed by atoms with Crippen LogP contribution in [0.2, 0.25) is 0 Å². The fourth-order valence-corrected chi connectivity index (χ4v) is 0.792. The quantitative estimate of drug-likeness (QED) is 0.816. The highest BCUT2D eigenvalue weighted by molar-refractivity contribution is 5.02. The molecular formula is C8H13F2N3O. The molecule has 14 heavy (non-hydrogen) atoms. The standard InChI is InChI=1S/C8H13F2N3O/c1-4-7(2,11)5-12-6(14-13-5)8(3,9)10/h4,11H2,1-3H3. The molecule has 0 bridgehead atoms. The van der Waals surface area contributed by atoms with E-state index in [0.717, 1.165) is 0 Å². The van der Waals surface area contributed by atoms with Gasteiger partial charge >= 0.3 is 5.92 Å². The maximum Gasteiger partial charge on any atom is 0.322 e. The predicted molar refractivity (Wildman–Crippen MR) is 45.7 cm³/mol. The summed E-state index contributed by atoms with van der Waals surface area (Å²) in [5, 5.41) is 3.43. The smallest absolute Gasteiger partial charge is 0.322 e. The van der Waals surface area contributed by atoms with E-state index >= 15 is 0 Å². The van der Waals surface area contributed by atoms with Gasteiger partial charge < -0.3 is 10.3 Å². The van der Waals surface area contributed by atoms with E-state index in [9.17, 15) is 8.78 Å². The molecule has 0 aliphatic heterocycles. The van der Waals surface area contributed by atoms with Gasteiger partial charge in [0.15, 0.2) is 5.82 Å². The van der Waals surface area contributed by atoms with Gasteiger partial charge in [-0.2, -0.15) is 13.8 Å². The minimum atomic E-state index is -3.12. The Bertz CT molecular complexity index is 317. The third kappa shape index (κ3) is 2.06. The highest BCUT2D eigenvalue weighted by Gasteiger charge is 2.35. The van der Waals surface area contributed by atoms with Gasteiger partial charge in [0.1, 0.15) is 0 Å². The number of halogens is 2. The summed E-state index contributed by atoms with van der Waals surface area (Å²) in [6.07, 6.45) is 0.543. The Morgan fingerprint density at radius 3 is 2.36 bits per heavy atom. The van der Waals surface area contributed by atoms with Crippen molar-refractivity contribution in [1.29, 1.82) is 0 Å². The molecule has 0 aromatic carbocycles. The average Bonchev–Trinajstić information content (AvgIpc) is 2.51. The molecule has 80 valence electrons. The molecule has 2 N–H and O–H groups in total. The minimum Gasteiger partial charge on any atom is -0.333 e. The molecule has 1 heterocycles. The molecule has 1 aromatic heterocycles. The largest absolute Gasteiger partial charge is 0.333 e. The zero-order valence-corrected chi connectivity index (χ0v) is 8.34. The van der Waals surface area contributed by atoms with E-state index in [4.69, 9.17) is 5.73 Å². The van der Waals surface area contributed by atoms with Crippen LogP contribution < -0.4 is 5.73 Å². The molecule has 1 unspecified atom stereocenters. The normalized spacial score (nSPS) is 16.7. The molecule has 0 fully saturated rings. The molecule has 0 radical (unpaired) electrons. The van der Waals surface area contributed by atoms with Crippen molar-refractivity contribution in [2.45, 2.75) is 38.7 Å². The van der Waals surface area contributed by atoms with Crippen molar-refractivity contribution in [3.8, 4) is 0 Å². The van der Waals surface area contributed by atoms with Crippen molar-refractivity contribution < 1.29 is 13.3 Å². The number of nitrogens with two attached hydrogens (primary N) is 1. The first-order valence-corrected chi connectivity index (χ1v) is 4.28. The van der Waals surface area contributed by atoms with Gasteiger partial charge in [0, 0.05) is 6.92 Å². The van der Waals surface area contributed by atoms with Crippen LogP contribution in [0.15, 0.2) is 4.52 Å². The molecule has 6 heteroatoms. The Balaban J connectivity index is 3.00. The van der Waals surface area contributed by atoms with Gasteiger partial charge in [0.25, 0.3) is 5.89 Å². The number of rotatable bonds is 3. The number of aromatic nitrogens is 2. The third-order valence-corrected chi connectivity index (χ3v) is 2.05. The van der Waals surface area contributed by atoms with E-state index in [1.807, 2.05) is 6.92 Å². The first kappa shape index (κ1) is 11.0. The van der Waals surface area contributed by atoms with Crippen molar-refractivity contribution in [1.82, 2.24) is 10.1 Å². The lowest BCUT2D eigenvalue weighted by Crippen LogP contribution is -2.33. The van der Waals surface area contributed by atoms with Gasteiger partial charge in [0.2, 0.25) is 0 Å². The summed E-state index contributed by atoms with van der Waals surface area (Å²) < 4.78 is 29.9. The second-order valence-corrected chi connectivity index (χ2v) is 3.58. The molecule has 1 aromatic rings. The number of nitrogens with zero attached hydrogens (tertiary/aromatic N) is 2. The third-order valence-electron chi connectivity index (χ3n) is 2.05. The van der Waals surface area contributed by atoms with Crippen LogP contribution in [0.1, 0.15) is 38.9 Å². The SMILES string of the molecule is CCC(C)(N)c1noc(C(C)(F)F)n1. The van der Waals surface area contributed by atoms with Crippen LogP contribution in [0, 0.1) is 0 Å². The molecule has 1 rings (SSSR count). The van der Waals surface area contributed by atoms with Crippen molar-refractivity contribution in [3.05, 3.63) is 11.7 Å². The van der Waals surface area contributed by atoms with Crippen LogP contribution in [0.5, 0.6) is 0 Å². The predicted octanol–water partition coefficient (Wildman–Crippen LogP) is 1.77. The lowest BCUT2D eigenvalue weighted by atomic mass is 10.0. The molecule has 0 saturated heterocycles. The van der Waals surface area contributed by atoms with E-state index in [2.05, 4.69) is 14.7 Å². The molecule has 0 spiro atoms. The van der Waals surface area contributed by atoms with E-state index in [1.54, 1.807) is 6.92 Å². The fourth-order valence-electron chi connectivity index (χ4n) is 0.792. The average molecular weight is 205 g/mol. The highest BCUT2D eigenvalue weighted by Crippen LogP contribution is 2.27. The molecule has 0 aliphatic carbocycles. The Hall–Kier alpha value is -1.04. The minimum absolute atomic E-state index is 0.108. The van der Waals surface area contributed by atoms with E-state index in [0.29, 0.717) is 13.3 Å². The lowest BCUT2D eigenvalue weighted by molar-refractivity contribution is -0.0158.